The Bertz CT molecular complexity index is 890. The minimum Gasteiger partial charge on any atom is -0.347 e. The predicted octanol–water partition coefficient (Wildman–Crippen LogP) is 1.15. The van der Waals surface area contributed by atoms with Crippen LogP contribution in [0.15, 0.2) is 46.7 Å². The summed E-state index contributed by atoms with van der Waals surface area (Å²) in [6.45, 7) is -0.443. The molecule has 1 fully saturated rings. The van der Waals surface area contributed by atoms with E-state index in [2.05, 4.69) is 5.32 Å². The van der Waals surface area contributed by atoms with E-state index in [0.29, 0.717) is 0 Å². The van der Waals surface area contributed by atoms with Crippen LogP contribution in [0.25, 0.3) is 6.08 Å². The summed E-state index contributed by atoms with van der Waals surface area (Å²) in [6.07, 6.45) is 2.96. The van der Waals surface area contributed by atoms with Gasteiger partial charge in [0.05, 0.1) is 16.7 Å². The van der Waals surface area contributed by atoms with Crippen molar-refractivity contribution in [3.8, 4) is 0 Å². The topological polar surface area (TPSA) is 101 Å². The van der Waals surface area contributed by atoms with E-state index in [0.717, 1.165) is 27.6 Å². The second-order valence-corrected chi connectivity index (χ2v) is 8.44. The third kappa shape index (κ3) is 4.18. The molecule has 1 aromatic rings. The summed E-state index contributed by atoms with van der Waals surface area (Å²) >= 11 is 0.770. The normalized spacial score (nSPS) is 23.4. The summed E-state index contributed by atoms with van der Waals surface area (Å²) in [4.78, 5) is 37.4. The molecule has 1 atom stereocenters. The molecule has 7 nitrogen and oxygen atoms in total. The average Bonchev–Trinajstić information content (AvgIpc) is 3.02. The summed E-state index contributed by atoms with van der Waals surface area (Å²) in [7, 11) is -3.29. The minimum absolute atomic E-state index is 0.214. The van der Waals surface area contributed by atoms with Gasteiger partial charge in [-0.05, 0) is 29.5 Å². The molecule has 0 aliphatic carbocycles. The SMILES string of the molecule is O=C(CN1C(=O)S/C(=C/c2ccccc2)C1=O)NC1C=CS(=O)(=O)C1. The van der Waals surface area contributed by atoms with Crippen LogP contribution in [0.5, 0.6) is 0 Å². The monoisotopic (exact) mass is 378 g/mol. The lowest BCUT2D eigenvalue weighted by Gasteiger charge is -2.14. The van der Waals surface area contributed by atoms with Gasteiger partial charge in [-0.3, -0.25) is 19.3 Å². The molecule has 0 spiro atoms. The van der Waals surface area contributed by atoms with E-state index in [4.69, 9.17) is 0 Å². The molecule has 0 bridgehead atoms. The largest absolute Gasteiger partial charge is 0.347 e. The molecule has 3 rings (SSSR count). The van der Waals surface area contributed by atoms with Crippen LogP contribution < -0.4 is 5.32 Å². The Balaban J connectivity index is 1.64. The highest BCUT2D eigenvalue weighted by Crippen LogP contribution is 2.31. The quantitative estimate of drug-likeness (QED) is 0.789. The van der Waals surface area contributed by atoms with Crippen molar-refractivity contribution in [1.29, 1.82) is 0 Å². The van der Waals surface area contributed by atoms with Crippen molar-refractivity contribution in [3.63, 3.8) is 0 Å². The van der Waals surface area contributed by atoms with Crippen LogP contribution in [0, 0.1) is 0 Å². The van der Waals surface area contributed by atoms with Crippen molar-refractivity contribution >= 4 is 44.7 Å². The third-order valence-corrected chi connectivity index (χ3v) is 5.85. The second-order valence-electron chi connectivity index (χ2n) is 5.51. The molecular formula is C16H14N2O5S2. The van der Waals surface area contributed by atoms with Crippen molar-refractivity contribution in [2.75, 3.05) is 12.3 Å². The van der Waals surface area contributed by atoms with Crippen LogP contribution in [0.4, 0.5) is 4.79 Å². The highest BCUT2D eigenvalue weighted by atomic mass is 32.2. The lowest BCUT2D eigenvalue weighted by Crippen LogP contribution is -2.43. The van der Waals surface area contributed by atoms with Crippen LogP contribution in [-0.2, 0) is 19.4 Å². The fraction of sp³-hybridized carbons (Fsp3) is 0.188. The molecule has 0 aromatic heterocycles. The predicted molar refractivity (Wildman–Crippen MR) is 94.0 cm³/mol. The van der Waals surface area contributed by atoms with Gasteiger partial charge in [0, 0.05) is 5.41 Å². The van der Waals surface area contributed by atoms with Crippen LogP contribution in [0.3, 0.4) is 0 Å². The van der Waals surface area contributed by atoms with Gasteiger partial charge in [-0.25, -0.2) is 8.42 Å². The molecule has 1 N–H and O–H groups in total. The standard InChI is InChI=1S/C16H14N2O5S2/c19-14(17-12-6-7-25(22,23)10-12)9-18-15(20)13(24-16(18)21)8-11-4-2-1-3-5-11/h1-8,12H,9-10H2,(H,17,19)/b13-8+. The van der Waals surface area contributed by atoms with E-state index in [1.165, 1.54) is 6.08 Å². The number of nitrogens with zero attached hydrogens (tertiary/aromatic N) is 1. The third-order valence-electron chi connectivity index (χ3n) is 3.55. The van der Waals surface area contributed by atoms with E-state index in [9.17, 15) is 22.8 Å². The number of benzene rings is 1. The maximum Gasteiger partial charge on any atom is 0.294 e. The van der Waals surface area contributed by atoms with Crippen LogP contribution in [0.1, 0.15) is 5.56 Å². The van der Waals surface area contributed by atoms with Gasteiger partial charge in [-0.1, -0.05) is 30.3 Å². The molecule has 1 saturated heterocycles. The Morgan fingerprint density at radius 1 is 1.28 bits per heavy atom. The molecule has 2 aliphatic rings. The van der Waals surface area contributed by atoms with Crippen molar-refractivity contribution in [3.05, 3.63) is 52.3 Å². The highest BCUT2D eigenvalue weighted by molar-refractivity contribution is 8.18. The zero-order chi connectivity index (χ0) is 18.0. The van der Waals surface area contributed by atoms with Crippen molar-refractivity contribution in [2.24, 2.45) is 0 Å². The first kappa shape index (κ1) is 17.4. The number of imide groups is 1. The van der Waals surface area contributed by atoms with Gasteiger partial charge >= 0.3 is 0 Å². The number of nitrogens with one attached hydrogen (secondary N) is 1. The molecule has 3 amide bonds. The molecular weight excluding hydrogens is 364 g/mol. The summed E-state index contributed by atoms with van der Waals surface area (Å²) in [5.74, 6) is -1.34. The number of carbonyl (C=O) groups is 3. The molecule has 130 valence electrons. The van der Waals surface area contributed by atoms with E-state index in [1.807, 2.05) is 18.2 Å². The van der Waals surface area contributed by atoms with E-state index in [-0.39, 0.29) is 10.7 Å². The van der Waals surface area contributed by atoms with Gasteiger partial charge in [-0.15, -0.1) is 0 Å². The van der Waals surface area contributed by atoms with Crippen molar-refractivity contribution in [2.45, 2.75) is 6.04 Å². The molecule has 1 aromatic carbocycles. The van der Waals surface area contributed by atoms with Gasteiger partial charge in [0.1, 0.15) is 6.54 Å². The smallest absolute Gasteiger partial charge is 0.294 e. The summed E-state index contributed by atoms with van der Waals surface area (Å²) in [6, 6.07) is 8.42. The Morgan fingerprint density at radius 3 is 2.64 bits per heavy atom. The highest BCUT2D eigenvalue weighted by Gasteiger charge is 2.36. The van der Waals surface area contributed by atoms with Crippen LogP contribution in [0.2, 0.25) is 0 Å². The second kappa shape index (κ2) is 6.85. The van der Waals surface area contributed by atoms with E-state index >= 15 is 0 Å². The van der Waals surface area contributed by atoms with Crippen LogP contribution >= 0.6 is 11.8 Å². The fourth-order valence-corrected chi connectivity index (χ4v) is 4.47. The number of hydrogen-bond acceptors (Lipinski definition) is 6. The van der Waals surface area contributed by atoms with E-state index in [1.54, 1.807) is 18.2 Å². The maximum absolute atomic E-state index is 12.3. The minimum atomic E-state index is -3.29. The number of sulfone groups is 1. The fourth-order valence-electron chi connectivity index (χ4n) is 2.40. The van der Waals surface area contributed by atoms with Crippen molar-refractivity contribution < 1.29 is 22.8 Å². The Hall–Kier alpha value is -2.39. The molecule has 1 unspecified atom stereocenters. The van der Waals surface area contributed by atoms with Gasteiger partial charge in [0.25, 0.3) is 11.1 Å². The molecule has 2 heterocycles. The molecule has 0 radical (unpaired) electrons. The number of hydrogen-bond donors (Lipinski definition) is 1. The molecule has 25 heavy (non-hydrogen) atoms. The van der Waals surface area contributed by atoms with Gasteiger partial charge in [0.2, 0.25) is 5.91 Å². The van der Waals surface area contributed by atoms with Crippen molar-refractivity contribution in [1.82, 2.24) is 10.2 Å². The number of rotatable bonds is 4. The Labute approximate surface area is 148 Å². The zero-order valence-corrected chi connectivity index (χ0v) is 14.5. The average molecular weight is 378 g/mol. The Morgan fingerprint density at radius 2 is 2.00 bits per heavy atom. The molecule has 2 aliphatic heterocycles. The summed E-state index contributed by atoms with van der Waals surface area (Å²) in [5.41, 5.74) is 0.777. The maximum atomic E-state index is 12.3. The lowest BCUT2D eigenvalue weighted by molar-refractivity contribution is -0.129. The zero-order valence-electron chi connectivity index (χ0n) is 12.9. The van der Waals surface area contributed by atoms with Gasteiger partial charge in [0.15, 0.2) is 9.84 Å². The van der Waals surface area contributed by atoms with E-state index < -0.39 is 39.5 Å². The summed E-state index contributed by atoms with van der Waals surface area (Å²) in [5, 5.41) is 3.00. The molecule has 0 saturated carbocycles. The number of carbonyl (C=O) groups excluding carboxylic acids is 3. The first-order chi connectivity index (χ1) is 11.8. The first-order valence-electron chi connectivity index (χ1n) is 7.35. The van der Waals surface area contributed by atoms with Gasteiger partial charge < -0.3 is 5.32 Å². The first-order valence-corrected chi connectivity index (χ1v) is 9.88. The van der Waals surface area contributed by atoms with Crippen LogP contribution in [-0.4, -0.2) is 48.7 Å². The van der Waals surface area contributed by atoms with Gasteiger partial charge in [-0.2, -0.15) is 0 Å². The lowest BCUT2D eigenvalue weighted by atomic mass is 10.2. The molecule has 9 heteroatoms. The summed E-state index contributed by atoms with van der Waals surface area (Å²) < 4.78 is 22.6. The number of thioether (sulfide) groups is 1. The Kier molecular flexibility index (Phi) is 4.78. The number of amides is 3.